The SMILES string of the molecule is Nc1ccc(CS(=O)c2ccc(F)cc2)c(C(F)(F)F)c1. The lowest BCUT2D eigenvalue weighted by molar-refractivity contribution is -0.138. The van der Waals surface area contributed by atoms with E-state index in [-0.39, 0.29) is 21.9 Å². The highest BCUT2D eigenvalue weighted by atomic mass is 32.2. The first-order valence-corrected chi connectivity index (χ1v) is 7.19. The monoisotopic (exact) mass is 317 g/mol. The number of benzene rings is 2. The molecule has 0 saturated carbocycles. The topological polar surface area (TPSA) is 43.1 Å². The molecule has 2 nitrogen and oxygen atoms in total. The Morgan fingerprint density at radius 3 is 2.24 bits per heavy atom. The summed E-state index contributed by atoms with van der Waals surface area (Å²) in [6.45, 7) is 0. The second-order valence-corrected chi connectivity index (χ2v) is 5.81. The van der Waals surface area contributed by atoms with Crippen LogP contribution >= 0.6 is 0 Å². The summed E-state index contributed by atoms with van der Waals surface area (Å²) >= 11 is 0. The van der Waals surface area contributed by atoms with Gasteiger partial charge in [0, 0.05) is 10.6 Å². The Kier molecular flexibility index (Phi) is 4.32. The first-order valence-electron chi connectivity index (χ1n) is 5.87. The van der Waals surface area contributed by atoms with Gasteiger partial charge in [0.15, 0.2) is 0 Å². The van der Waals surface area contributed by atoms with Gasteiger partial charge >= 0.3 is 6.18 Å². The molecule has 0 spiro atoms. The molecule has 2 N–H and O–H groups in total. The Morgan fingerprint density at radius 2 is 1.67 bits per heavy atom. The fourth-order valence-electron chi connectivity index (χ4n) is 1.79. The number of halogens is 4. The molecule has 1 atom stereocenters. The molecular formula is C14H11F4NOS. The van der Waals surface area contributed by atoms with Gasteiger partial charge in [-0.2, -0.15) is 13.2 Å². The van der Waals surface area contributed by atoms with Crippen molar-refractivity contribution in [3.63, 3.8) is 0 Å². The van der Waals surface area contributed by atoms with Crippen LogP contribution in [-0.4, -0.2) is 4.21 Å². The van der Waals surface area contributed by atoms with Crippen molar-refractivity contribution in [2.75, 3.05) is 5.73 Å². The minimum Gasteiger partial charge on any atom is -0.399 e. The Labute approximate surface area is 121 Å². The number of hydrogen-bond donors (Lipinski definition) is 1. The van der Waals surface area contributed by atoms with Crippen LogP contribution < -0.4 is 5.73 Å². The van der Waals surface area contributed by atoms with Crippen molar-refractivity contribution in [2.45, 2.75) is 16.8 Å². The highest BCUT2D eigenvalue weighted by molar-refractivity contribution is 7.84. The number of nitrogen functional groups attached to an aromatic ring is 1. The summed E-state index contributed by atoms with van der Waals surface area (Å²) in [5.41, 5.74) is 4.33. The van der Waals surface area contributed by atoms with Crippen LogP contribution in [0, 0.1) is 5.82 Å². The Balaban J connectivity index is 2.31. The van der Waals surface area contributed by atoms with E-state index in [1.165, 1.54) is 24.3 Å². The maximum Gasteiger partial charge on any atom is 0.416 e. The highest BCUT2D eigenvalue weighted by Crippen LogP contribution is 2.34. The van der Waals surface area contributed by atoms with Crippen molar-refractivity contribution >= 4 is 16.5 Å². The number of anilines is 1. The predicted octanol–water partition coefficient (Wildman–Crippen LogP) is 3.73. The molecule has 0 saturated heterocycles. The summed E-state index contributed by atoms with van der Waals surface area (Å²) in [6, 6.07) is 8.15. The number of alkyl halides is 3. The van der Waals surface area contributed by atoms with Crippen LogP contribution in [0.3, 0.4) is 0 Å². The van der Waals surface area contributed by atoms with Gasteiger partial charge in [-0.15, -0.1) is 0 Å². The van der Waals surface area contributed by atoms with Gasteiger partial charge in [-0.1, -0.05) is 6.07 Å². The van der Waals surface area contributed by atoms with E-state index in [1.54, 1.807) is 0 Å². The van der Waals surface area contributed by atoms with E-state index in [2.05, 4.69) is 0 Å². The van der Waals surface area contributed by atoms with Gasteiger partial charge in [0.2, 0.25) is 0 Å². The van der Waals surface area contributed by atoms with Crippen molar-refractivity contribution in [1.82, 2.24) is 0 Å². The molecule has 0 amide bonds. The summed E-state index contributed by atoms with van der Waals surface area (Å²) in [7, 11) is -1.70. The van der Waals surface area contributed by atoms with Crippen LogP contribution in [0.2, 0.25) is 0 Å². The molecule has 2 aromatic carbocycles. The molecule has 1 unspecified atom stereocenters. The van der Waals surface area contributed by atoms with Crippen molar-refractivity contribution in [1.29, 1.82) is 0 Å². The predicted molar refractivity (Wildman–Crippen MR) is 72.4 cm³/mol. The maximum absolute atomic E-state index is 12.9. The lowest BCUT2D eigenvalue weighted by Gasteiger charge is -2.13. The largest absolute Gasteiger partial charge is 0.416 e. The Hall–Kier alpha value is -1.89. The molecular weight excluding hydrogens is 306 g/mol. The van der Waals surface area contributed by atoms with Gasteiger partial charge in [0.25, 0.3) is 0 Å². The number of hydrogen-bond acceptors (Lipinski definition) is 2. The van der Waals surface area contributed by atoms with Gasteiger partial charge in [-0.25, -0.2) is 4.39 Å². The molecule has 0 aliphatic rings. The van der Waals surface area contributed by atoms with E-state index in [0.29, 0.717) is 0 Å². The second-order valence-electron chi connectivity index (χ2n) is 4.36. The first-order chi connectivity index (χ1) is 9.77. The van der Waals surface area contributed by atoms with Crippen molar-refractivity contribution in [3.8, 4) is 0 Å². The molecule has 0 bridgehead atoms. The van der Waals surface area contributed by atoms with Crippen molar-refractivity contribution in [3.05, 3.63) is 59.4 Å². The standard InChI is InChI=1S/C14H11F4NOS/c15-10-2-5-12(6-3-10)21(20)8-9-1-4-11(19)7-13(9)14(16,17)18/h1-7H,8,19H2. The summed E-state index contributed by atoms with van der Waals surface area (Å²) in [6.07, 6.45) is -4.57. The van der Waals surface area contributed by atoms with Crippen LogP contribution in [0.4, 0.5) is 23.2 Å². The molecule has 0 fully saturated rings. The first kappa shape index (κ1) is 15.5. The van der Waals surface area contributed by atoms with Crippen LogP contribution in [0.5, 0.6) is 0 Å². The van der Waals surface area contributed by atoms with Gasteiger partial charge < -0.3 is 5.73 Å². The summed E-state index contributed by atoms with van der Waals surface area (Å²) in [5, 5.41) is 0. The fraction of sp³-hybridized carbons (Fsp3) is 0.143. The van der Waals surface area contributed by atoms with E-state index in [9.17, 15) is 21.8 Å². The zero-order chi connectivity index (χ0) is 15.6. The molecule has 0 aromatic heterocycles. The molecule has 7 heteroatoms. The fourth-order valence-corrected chi connectivity index (χ4v) is 2.94. The molecule has 0 radical (unpaired) electrons. The molecule has 2 aromatic rings. The van der Waals surface area contributed by atoms with Gasteiger partial charge in [0.1, 0.15) is 5.82 Å². The number of rotatable bonds is 3. The molecule has 0 aliphatic heterocycles. The highest BCUT2D eigenvalue weighted by Gasteiger charge is 2.33. The second kappa shape index (κ2) is 5.85. The van der Waals surface area contributed by atoms with Gasteiger partial charge in [-0.3, -0.25) is 4.21 Å². The normalized spacial score (nSPS) is 13.1. The molecule has 112 valence electrons. The molecule has 0 heterocycles. The third kappa shape index (κ3) is 3.81. The zero-order valence-electron chi connectivity index (χ0n) is 10.7. The van der Waals surface area contributed by atoms with E-state index >= 15 is 0 Å². The minimum absolute atomic E-state index is 0.0151. The van der Waals surface area contributed by atoms with E-state index in [1.807, 2.05) is 0 Å². The van der Waals surface area contributed by atoms with Crippen molar-refractivity contribution in [2.24, 2.45) is 0 Å². The van der Waals surface area contributed by atoms with E-state index < -0.39 is 28.4 Å². The van der Waals surface area contributed by atoms with Crippen molar-refractivity contribution < 1.29 is 21.8 Å². The maximum atomic E-state index is 12.9. The third-order valence-electron chi connectivity index (χ3n) is 2.80. The average Bonchev–Trinajstić information content (AvgIpc) is 2.40. The molecule has 21 heavy (non-hydrogen) atoms. The zero-order valence-corrected chi connectivity index (χ0v) is 11.5. The smallest absolute Gasteiger partial charge is 0.399 e. The van der Waals surface area contributed by atoms with Crippen LogP contribution in [0.25, 0.3) is 0 Å². The average molecular weight is 317 g/mol. The van der Waals surface area contributed by atoms with E-state index in [0.717, 1.165) is 18.2 Å². The molecule has 0 aliphatic carbocycles. The quantitative estimate of drug-likeness (QED) is 0.692. The Bertz CT molecular complexity index is 668. The lowest BCUT2D eigenvalue weighted by Crippen LogP contribution is -2.11. The summed E-state index contributed by atoms with van der Waals surface area (Å²) in [4.78, 5) is 0.265. The van der Waals surface area contributed by atoms with Crippen LogP contribution in [0.15, 0.2) is 47.4 Å². The van der Waals surface area contributed by atoms with E-state index in [4.69, 9.17) is 5.73 Å². The summed E-state index contributed by atoms with van der Waals surface area (Å²) in [5.74, 6) is -0.819. The molecule has 2 rings (SSSR count). The van der Waals surface area contributed by atoms with Crippen LogP contribution in [0.1, 0.15) is 11.1 Å². The minimum atomic E-state index is -4.57. The van der Waals surface area contributed by atoms with Gasteiger partial charge in [0.05, 0.1) is 22.1 Å². The lowest BCUT2D eigenvalue weighted by atomic mass is 10.1. The Morgan fingerprint density at radius 1 is 1.05 bits per heavy atom. The van der Waals surface area contributed by atoms with Crippen LogP contribution in [-0.2, 0) is 22.7 Å². The number of nitrogens with two attached hydrogens (primary N) is 1. The third-order valence-corrected chi connectivity index (χ3v) is 4.17. The summed E-state index contributed by atoms with van der Waals surface area (Å²) < 4.78 is 63.6. The van der Waals surface area contributed by atoms with Gasteiger partial charge in [-0.05, 0) is 42.0 Å².